The Morgan fingerprint density at radius 3 is 2.53 bits per heavy atom. The molecule has 5 heteroatoms. The van der Waals surface area contributed by atoms with Gasteiger partial charge in [0.2, 0.25) is 0 Å². The maximum atomic E-state index is 8.86. The minimum Gasteiger partial charge on any atom is -0.395 e. The smallest absolute Gasteiger partial charge is 0.107 e. The van der Waals surface area contributed by atoms with E-state index in [1.54, 1.807) is 11.3 Å². The summed E-state index contributed by atoms with van der Waals surface area (Å²) in [5, 5.41) is 21.7. The summed E-state index contributed by atoms with van der Waals surface area (Å²) in [4.78, 5) is 5.53. The fraction of sp³-hybridized carbons (Fsp3) is 0.700. The molecule has 0 aliphatic heterocycles. The van der Waals surface area contributed by atoms with Crippen LogP contribution in [0.2, 0.25) is 0 Å². The van der Waals surface area contributed by atoms with Gasteiger partial charge < -0.3 is 15.5 Å². The van der Waals surface area contributed by atoms with Gasteiger partial charge in [-0.15, -0.1) is 11.3 Å². The van der Waals surface area contributed by atoms with Gasteiger partial charge >= 0.3 is 0 Å². The normalized spacial score (nSPS) is 11.6. The molecule has 1 aromatic heterocycles. The van der Waals surface area contributed by atoms with Crippen molar-refractivity contribution in [1.29, 1.82) is 0 Å². The number of hydrogen-bond donors (Lipinski definition) is 3. The van der Waals surface area contributed by atoms with Gasteiger partial charge in [-0.1, -0.05) is 13.8 Å². The first-order chi connectivity index (χ1) is 7.17. The van der Waals surface area contributed by atoms with Crippen LogP contribution >= 0.6 is 11.3 Å². The zero-order valence-electron chi connectivity index (χ0n) is 9.10. The molecule has 0 amide bonds. The lowest BCUT2D eigenvalue weighted by Crippen LogP contribution is -2.35. The van der Waals surface area contributed by atoms with Crippen molar-refractivity contribution in [3.05, 3.63) is 16.1 Å². The highest BCUT2D eigenvalue weighted by atomic mass is 32.1. The molecule has 15 heavy (non-hydrogen) atoms. The highest BCUT2D eigenvalue weighted by Gasteiger charge is 2.08. The summed E-state index contributed by atoms with van der Waals surface area (Å²) in [5.41, 5.74) is 0. The predicted octanol–water partition coefficient (Wildman–Crippen LogP) is 0.709. The molecule has 0 bridgehead atoms. The van der Waals surface area contributed by atoms with E-state index in [1.165, 1.54) is 4.88 Å². The number of rotatable bonds is 6. The second-order valence-corrected chi connectivity index (χ2v) is 4.90. The Hall–Kier alpha value is -0.490. The molecule has 0 aliphatic rings. The summed E-state index contributed by atoms with van der Waals surface area (Å²) in [6, 6.07) is -0.253. The molecule has 1 rings (SSSR count). The number of nitrogens with one attached hydrogen (secondary N) is 1. The predicted molar refractivity (Wildman–Crippen MR) is 61.0 cm³/mol. The Morgan fingerprint density at radius 1 is 1.40 bits per heavy atom. The molecule has 0 unspecified atom stereocenters. The van der Waals surface area contributed by atoms with E-state index in [0.717, 1.165) is 5.01 Å². The molecule has 0 spiro atoms. The van der Waals surface area contributed by atoms with Gasteiger partial charge in [0.05, 0.1) is 19.3 Å². The lowest BCUT2D eigenvalue weighted by Gasteiger charge is -2.11. The third-order valence-corrected chi connectivity index (χ3v) is 3.42. The largest absolute Gasteiger partial charge is 0.395 e. The molecular weight excluding hydrogens is 212 g/mol. The van der Waals surface area contributed by atoms with E-state index in [-0.39, 0.29) is 19.3 Å². The second kappa shape index (κ2) is 6.17. The summed E-state index contributed by atoms with van der Waals surface area (Å²) in [6.45, 7) is 4.75. The molecule has 0 saturated carbocycles. The SMILES string of the molecule is CC(C)c1cnc(CNC(CO)CO)s1. The minimum absolute atomic E-state index is 0.0566. The van der Waals surface area contributed by atoms with Crippen LogP contribution in [-0.4, -0.2) is 34.5 Å². The zero-order chi connectivity index (χ0) is 11.3. The number of aliphatic hydroxyl groups is 2. The van der Waals surface area contributed by atoms with E-state index < -0.39 is 0 Å². The molecule has 0 aliphatic carbocycles. The van der Waals surface area contributed by atoms with Crippen LogP contribution < -0.4 is 5.32 Å². The van der Waals surface area contributed by atoms with Crippen LogP contribution in [0.25, 0.3) is 0 Å². The van der Waals surface area contributed by atoms with Crippen LogP contribution in [0.15, 0.2) is 6.20 Å². The van der Waals surface area contributed by atoms with Gasteiger partial charge in [-0.2, -0.15) is 0 Å². The summed E-state index contributed by atoms with van der Waals surface area (Å²) in [5.74, 6) is 0.503. The summed E-state index contributed by atoms with van der Waals surface area (Å²) >= 11 is 1.67. The van der Waals surface area contributed by atoms with E-state index in [0.29, 0.717) is 12.5 Å². The minimum atomic E-state index is -0.253. The van der Waals surface area contributed by atoms with Crippen molar-refractivity contribution in [2.24, 2.45) is 0 Å². The third-order valence-electron chi connectivity index (χ3n) is 2.12. The average molecular weight is 230 g/mol. The Balaban J connectivity index is 2.43. The van der Waals surface area contributed by atoms with Crippen molar-refractivity contribution < 1.29 is 10.2 Å². The van der Waals surface area contributed by atoms with Crippen molar-refractivity contribution in [2.75, 3.05) is 13.2 Å². The van der Waals surface area contributed by atoms with E-state index in [1.807, 2.05) is 6.20 Å². The van der Waals surface area contributed by atoms with Gasteiger partial charge in [-0.05, 0) is 5.92 Å². The Kier molecular flexibility index (Phi) is 5.17. The maximum absolute atomic E-state index is 8.86. The maximum Gasteiger partial charge on any atom is 0.107 e. The fourth-order valence-corrected chi connectivity index (χ4v) is 1.97. The van der Waals surface area contributed by atoms with Crippen LogP contribution in [-0.2, 0) is 6.54 Å². The highest BCUT2D eigenvalue weighted by molar-refractivity contribution is 7.11. The van der Waals surface area contributed by atoms with Gasteiger partial charge in [0.1, 0.15) is 5.01 Å². The van der Waals surface area contributed by atoms with E-state index in [9.17, 15) is 0 Å². The van der Waals surface area contributed by atoms with Gasteiger partial charge in [-0.25, -0.2) is 4.98 Å². The third kappa shape index (κ3) is 3.87. The van der Waals surface area contributed by atoms with Crippen molar-refractivity contribution in [1.82, 2.24) is 10.3 Å². The van der Waals surface area contributed by atoms with Crippen molar-refractivity contribution in [3.8, 4) is 0 Å². The molecule has 4 nitrogen and oxygen atoms in total. The molecule has 3 N–H and O–H groups in total. The van der Waals surface area contributed by atoms with Crippen LogP contribution in [0.1, 0.15) is 29.7 Å². The van der Waals surface area contributed by atoms with Crippen LogP contribution in [0, 0.1) is 0 Å². The van der Waals surface area contributed by atoms with Crippen LogP contribution in [0.4, 0.5) is 0 Å². The summed E-state index contributed by atoms with van der Waals surface area (Å²) in [6.07, 6.45) is 1.89. The van der Waals surface area contributed by atoms with Crippen molar-refractivity contribution in [3.63, 3.8) is 0 Å². The van der Waals surface area contributed by atoms with Gasteiger partial charge in [0, 0.05) is 17.6 Å². The quantitative estimate of drug-likeness (QED) is 0.673. The number of thiazole rings is 1. The number of aromatic nitrogens is 1. The number of hydrogen-bond acceptors (Lipinski definition) is 5. The molecule has 86 valence electrons. The standard InChI is InChI=1S/C10H18N2O2S/c1-7(2)9-3-12-10(15-9)4-11-8(5-13)6-14/h3,7-8,11,13-14H,4-6H2,1-2H3. The van der Waals surface area contributed by atoms with Crippen LogP contribution in [0.3, 0.4) is 0 Å². The van der Waals surface area contributed by atoms with E-state index in [4.69, 9.17) is 10.2 Å². The van der Waals surface area contributed by atoms with E-state index in [2.05, 4.69) is 24.1 Å². The molecule has 1 aromatic rings. The average Bonchev–Trinajstić information content (AvgIpc) is 2.68. The van der Waals surface area contributed by atoms with Gasteiger partial charge in [0.15, 0.2) is 0 Å². The molecule has 0 atom stereocenters. The first-order valence-electron chi connectivity index (χ1n) is 5.07. The topological polar surface area (TPSA) is 65.4 Å². The Labute approximate surface area is 94.0 Å². The van der Waals surface area contributed by atoms with Crippen molar-refractivity contribution >= 4 is 11.3 Å². The Bertz CT molecular complexity index is 285. The molecular formula is C10H18N2O2S. The monoisotopic (exact) mass is 230 g/mol. The Morgan fingerprint density at radius 2 is 2.07 bits per heavy atom. The van der Waals surface area contributed by atoms with Crippen molar-refractivity contribution in [2.45, 2.75) is 32.4 Å². The first kappa shape index (κ1) is 12.6. The first-order valence-corrected chi connectivity index (χ1v) is 5.88. The second-order valence-electron chi connectivity index (χ2n) is 3.75. The fourth-order valence-electron chi connectivity index (χ4n) is 1.09. The van der Waals surface area contributed by atoms with Gasteiger partial charge in [-0.3, -0.25) is 0 Å². The summed E-state index contributed by atoms with van der Waals surface area (Å²) < 4.78 is 0. The molecule has 0 fully saturated rings. The lowest BCUT2D eigenvalue weighted by molar-refractivity contribution is 0.170. The molecule has 1 heterocycles. The number of nitrogens with zero attached hydrogens (tertiary/aromatic N) is 1. The molecule has 0 saturated heterocycles. The van der Waals surface area contributed by atoms with Gasteiger partial charge in [0.25, 0.3) is 0 Å². The number of aliphatic hydroxyl groups excluding tert-OH is 2. The zero-order valence-corrected chi connectivity index (χ0v) is 9.92. The highest BCUT2D eigenvalue weighted by Crippen LogP contribution is 2.21. The molecule has 0 radical (unpaired) electrons. The van der Waals surface area contributed by atoms with E-state index >= 15 is 0 Å². The lowest BCUT2D eigenvalue weighted by atomic mass is 10.2. The molecule has 0 aromatic carbocycles. The summed E-state index contributed by atoms with van der Waals surface area (Å²) in [7, 11) is 0. The van der Waals surface area contributed by atoms with Crippen LogP contribution in [0.5, 0.6) is 0 Å².